The monoisotopic (exact) mass is 246 g/mol. The van der Waals surface area contributed by atoms with Crippen LogP contribution in [0.3, 0.4) is 0 Å². The van der Waals surface area contributed by atoms with E-state index in [9.17, 15) is 10.1 Å². The van der Waals surface area contributed by atoms with Crippen LogP contribution in [0.15, 0.2) is 34.7 Å². The summed E-state index contributed by atoms with van der Waals surface area (Å²) in [5, 5.41) is 10.6. The Morgan fingerprint density at radius 3 is 2.61 bits per heavy atom. The van der Waals surface area contributed by atoms with Gasteiger partial charge in [-0.2, -0.15) is 0 Å². The molecule has 0 aliphatic carbocycles. The molecule has 0 fully saturated rings. The molecule has 18 heavy (non-hydrogen) atoms. The van der Waals surface area contributed by atoms with Crippen LogP contribution < -0.4 is 5.73 Å². The lowest BCUT2D eigenvalue weighted by molar-refractivity contribution is -0.402. The fourth-order valence-electron chi connectivity index (χ4n) is 1.86. The van der Waals surface area contributed by atoms with Crippen molar-refractivity contribution in [3.63, 3.8) is 0 Å². The molecule has 0 radical (unpaired) electrons. The summed E-state index contributed by atoms with van der Waals surface area (Å²) in [7, 11) is 0. The molecule has 2 aromatic rings. The second-order valence-electron chi connectivity index (χ2n) is 4.27. The molecule has 94 valence electrons. The highest BCUT2D eigenvalue weighted by Crippen LogP contribution is 2.27. The minimum atomic E-state index is -0.570. The first-order valence-electron chi connectivity index (χ1n) is 5.56. The third-order valence-corrected chi connectivity index (χ3v) is 2.87. The summed E-state index contributed by atoms with van der Waals surface area (Å²) in [6, 6.07) is 8.32. The molecule has 1 atom stereocenters. The lowest BCUT2D eigenvalue weighted by Gasteiger charge is -2.12. The Bertz CT molecular complexity index is 590. The van der Waals surface area contributed by atoms with Crippen molar-refractivity contribution in [1.29, 1.82) is 0 Å². The average molecular weight is 246 g/mol. The number of aryl methyl sites for hydroxylation is 2. The van der Waals surface area contributed by atoms with Crippen LogP contribution >= 0.6 is 0 Å². The summed E-state index contributed by atoms with van der Waals surface area (Å²) >= 11 is 0. The summed E-state index contributed by atoms with van der Waals surface area (Å²) in [6.07, 6.45) is 0. The van der Waals surface area contributed by atoms with Crippen molar-refractivity contribution in [3.8, 4) is 0 Å². The molecule has 1 heterocycles. The Kier molecular flexibility index (Phi) is 3.16. The van der Waals surface area contributed by atoms with Gasteiger partial charge in [-0.1, -0.05) is 23.8 Å². The Hall–Kier alpha value is -2.14. The highest BCUT2D eigenvalue weighted by molar-refractivity contribution is 5.37. The van der Waals surface area contributed by atoms with E-state index in [2.05, 4.69) is 0 Å². The van der Waals surface area contributed by atoms with Gasteiger partial charge in [0, 0.05) is 0 Å². The molecule has 0 amide bonds. The Morgan fingerprint density at radius 1 is 1.28 bits per heavy atom. The van der Waals surface area contributed by atoms with Gasteiger partial charge in [0.15, 0.2) is 0 Å². The van der Waals surface area contributed by atoms with E-state index in [4.69, 9.17) is 10.2 Å². The van der Waals surface area contributed by atoms with Gasteiger partial charge in [0.25, 0.3) is 0 Å². The van der Waals surface area contributed by atoms with Crippen LogP contribution in [0.2, 0.25) is 0 Å². The molecule has 0 aliphatic heterocycles. The Balaban J connectivity index is 2.37. The Labute approximate surface area is 104 Å². The smallest absolute Gasteiger partial charge is 0.404 e. The first-order chi connectivity index (χ1) is 8.49. The second-order valence-corrected chi connectivity index (χ2v) is 4.27. The highest BCUT2D eigenvalue weighted by atomic mass is 16.6. The van der Waals surface area contributed by atoms with Crippen molar-refractivity contribution in [2.24, 2.45) is 5.73 Å². The molecule has 5 nitrogen and oxygen atoms in total. The quantitative estimate of drug-likeness (QED) is 0.666. The van der Waals surface area contributed by atoms with Gasteiger partial charge < -0.3 is 10.2 Å². The SMILES string of the molecule is Cc1ccc(C)c(C(N)c2ccc([N+](=O)[O-])o2)c1. The average Bonchev–Trinajstić information content (AvgIpc) is 2.81. The van der Waals surface area contributed by atoms with Crippen molar-refractivity contribution in [3.05, 3.63) is 62.9 Å². The van der Waals surface area contributed by atoms with Crippen LogP contribution in [0.4, 0.5) is 5.88 Å². The molecule has 0 spiro atoms. The molecule has 1 unspecified atom stereocenters. The highest BCUT2D eigenvalue weighted by Gasteiger charge is 2.19. The number of nitrogens with zero attached hydrogens (tertiary/aromatic N) is 1. The molecule has 0 aliphatic rings. The summed E-state index contributed by atoms with van der Waals surface area (Å²) in [6.45, 7) is 3.92. The summed E-state index contributed by atoms with van der Waals surface area (Å²) in [5.41, 5.74) is 9.12. The number of hydrogen-bond donors (Lipinski definition) is 1. The van der Waals surface area contributed by atoms with Crippen molar-refractivity contribution in [2.45, 2.75) is 19.9 Å². The Morgan fingerprint density at radius 2 is 2.00 bits per heavy atom. The van der Waals surface area contributed by atoms with Crippen LogP contribution in [0.25, 0.3) is 0 Å². The number of nitro groups is 1. The maximum Gasteiger partial charge on any atom is 0.433 e. The first kappa shape index (κ1) is 12.3. The second kappa shape index (κ2) is 4.62. The van der Waals surface area contributed by atoms with Gasteiger partial charge in [-0.15, -0.1) is 0 Å². The van der Waals surface area contributed by atoms with E-state index in [1.807, 2.05) is 32.0 Å². The van der Waals surface area contributed by atoms with Crippen LogP contribution in [0.5, 0.6) is 0 Å². The predicted molar refractivity (Wildman–Crippen MR) is 67.3 cm³/mol. The van der Waals surface area contributed by atoms with E-state index in [1.165, 1.54) is 6.07 Å². The maximum absolute atomic E-state index is 10.6. The number of furan rings is 1. The number of rotatable bonds is 3. The van der Waals surface area contributed by atoms with E-state index in [0.717, 1.165) is 16.7 Å². The lowest BCUT2D eigenvalue weighted by Crippen LogP contribution is -2.12. The third-order valence-electron chi connectivity index (χ3n) is 2.87. The van der Waals surface area contributed by atoms with Gasteiger partial charge in [-0.3, -0.25) is 10.1 Å². The van der Waals surface area contributed by atoms with Gasteiger partial charge >= 0.3 is 5.88 Å². The molecule has 5 heteroatoms. The summed E-state index contributed by atoms with van der Waals surface area (Å²) in [4.78, 5) is 10.00. The minimum Gasteiger partial charge on any atom is -0.404 e. The van der Waals surface area contributed by atoms with Gasteiger partial charge in [0.2, 0.25) is 0 Å². The van der Waals surface area contributed by atoms with Gasteiger partial charge in [-0.25, -0.2) is 0 Å². The van der Waals surface area contributed by atoms with E-state index < -0.39 is 11.0 Å². The number of nitrogens with two attached hydrogens (primary N) is 1. The molecule has 1 aromatic carbocycles. The minimum absolute atomic E-state index is 0.286. The van der Waals surface area contributed by atoms with Gasteiger partial charge in [0.1, 0.15) is 10.7 Å². The van der Waals surface area contributed by atoms with Crippen LogP contribution in [-0.2, 0) is 0 Å². The maximum atomic E-state index is 10.6. The zero-order valence-electron chi connectivity index (χ0n) is 10.2. The molecule has 1 aromatic heterocycles. The third kappa shape index (κ3) is 2.26. The fraction of sp³-hybridized carbons (Fsp3) is 0.231. The number of benzene rings is 1. The fourth-order valence-corrected chi connectivity index (χ4v) is 1.86. The van der Waals surface area contributed by atoms with E-state index in [0.29, 0.717) is 5.76 Å². The van der Waals surface area contributed by atoms with Crippen molar-refractivity contribution < 1.29 is 9.34 Å². The van der Waals surface area contributed by atoms with E-state index in [1.54, 1.807) is 6.07 Å². The predicted octanol–water partition coefficient (Wildman–Crippen LogP) is 2.85. The molecular weight excluding hydrogens is 232 g/mol. The lowest BCUT2D eigenvalue weighted by atomic mass is 9.98. The van der Waals surface area contributed by atoms with E-state index in [-0.39, 0.29) is 5.88 Å². The zero-order chi connectivity index (χ0) is 13.3. The van der Waals surface area contributed by atoms with Crippen molar-refractivity contribution in [2.75, 3.05) is 0 Å². The molecule has 0 saturated heterocycles. The molecule has 0 bridgehead atoms. The number of hydrogen-bond acceptors (Lipinski definition) is 4. The standard InChI is InChI=1S/C13H14N2O3/c1-8-3-4-9(2)10(7-8)13(14)11-5-6-12(18-11)15(16)17/h3-7,13H,14H2,1-2H3. The van der Waals surface area contributed by atoms with Gasteiger partial charge in [0.05, 0.1) is 12.1 Å². The molecular formula is C13H14N2O3. The van der Waals surface area contributed by atoms with Crippen LogP contribution in [0, 0.1) is 24.0 Å². The van der Waals surface area contributed by atoms with Crippen LogP contribution in [-0.4, -0.2) is 4.92 Å². The topological polar surface area (TPSA) is 82.3 Å². The first-order valence-corrected chi connectivity index (χ1v) is 5.56. The van der Waals surface area contributed by atoms with Crippen LogP contribution in [0.1, 0.15) is 28.5 Å². The summed E-state index contributed by atoms with van der Waals surface area (Å²) in [5.74, 6) is 0.112. The zero-order valence-corrected chi connectivity index (χ0v) is 10.2. The van der Waals surface area contributed by atoms with Crippen molar-refractivity contribution >= 4 is 5.88 Å². The molecule has 2 N–H and O–H groups in total. The largest absolute Gasteiger partial charge is 0.433 e. The normalized spacial score (nSPS) is 12.4. The molecule has 0 saturated carbocycles. The van der Waals surface area contributed by atoms with Crippen molar-refractivity contribution in [1.82, 2.24) is 0 Å². The summed E-state index contributed by atoms with van der Waals surface area (Å²) < 4.78 is 5.13. The van der Waals surface area contributed by atoms with E-state index >= 15 is 0 Å². The van der Waals surface area contributed by atoms with Gasteiger partial charge in [-0.05, 0) is 31.0 Å². The molecule has 2 rings (SSSR count).